The second kappa shape index (κ2) is 5.11. The van der Waals surface area contributed by atoms with Crippen LogP contribution < -0.4 is 16.6 Å². The fraction of sp³-hybridized carbons (Fsp3) is 0.500. The van der Waals surface area contributed by atoms with Gasteiger partial charge in [-0.05, 0) is 6.07 Å². The maximum Gasteiger partial charge on any atom is 0.268 e. The number of hydrazine groups is 1. The SMILES string of the molecule is NNC(=O)c1coc(CN2CCNCC2)c1. The largest absolute Gasteiger partial charge is 0.467 e. The molecule has 6 heteroatoms. The van der Waals surface area contributed by atoms with E-state index in [0.717, 1.165) is 38.5 Å². The Kier molecular flexibility index (Phi) is 3.55. The van der Waals surface area contributed by atoms with Gasteiger partial charge in [0.1, 0.15) is 12.0 Å². The Hall–Kier alpha value is -1.37. The molecule has 0 radical (unpaired) electrons. The number of carbonyl (C=O) groups is 1. The van der Waals surface area contributed by atoms with E-state index in [-0.39, 0.29) is 5.91 Å². The van der Waals surface area contributed by atoms with Crippen molar-refractivity contribution in [3.05, 3.63) is 23.7 Å². The Morgan fingerprint density at radius 1 is 1.56 bits per heavy atom. The molecule has 0 unspecified atom stereocenters. The van der Waals surface area contributed by atoms with Crippen LogP contribution in [-0.2, 0) is 6.54 Å². The number of rotatable bonds is 3. The first-order valence-electron chi connectivity index (χ1n) is 5.31. The molecule has 0 aliphatic carbocycles. The Bertz CT molecular complexity index is 357. The van der Waals surface area contributed by atoms with Gasteiger partial charge in [0.15, 0.2) is 0 Å². The van der Waals surface area contributed by atoms with E-state index in [9.17, 15) is 4.79 Å². The van der Waals surface area contributed by atoms with E-state index in [1.807, 2.05) is 0 Å². The summed E-state index contributed by atoms with van der Waals surface area (Å²) in [7, 11) is 0. The maximum absolute atomic E-state index is 11.2. The lowest BCUT2D eigenvalue weighted by Crippen LogP contribution is -2.42. The van der Waals surface area contributed by atoms with Gasteiger partial charge in [-0.3, -0.25) is 15.1 Å². The zero-order valence-electron chi connectivity index (χ0n) is 9.03. The monoisotopic (exact) mass is 224 g/mol. The van der Waals surface area contributed by atoms with Crippen molar-refractivity contribution < 1.29 is 9.21 Å². The molecule has 0 aromatic carbocycles. The zero-order valence-corrected chi connectivity index (χ0v) is 9.03. The number of furan rings is 1. The van der Waals surface area contributed by atoms with E-state index >= 15 is 0 Å². The first-order chi connectivity index (χ1) is 7.79. The number of carbonyl (C=O) groups excluding carboxylic acids is 1. The van der Waals surface area contributed by atoms with E-state index < -0.39 is 0 Å². The van der Waals surface area contributed by atoms with Gasteiger partial charge < -0.3 is 9.73 Å². The molecule has 0 saturated carbocycles. The van der Waals surface area contributed by atoms with Crippen LogP contribution in [0.25, 0.3) is 0 Å². The van der Waals surface area contributed by atoms with E-state index in [4.69, 9.17) is 10.3 Å². The first-order valence-corrected chi connectivity index (χ1v) is 5.31. The number of nitrogens with zero attached hydrogens (tertiary/aromatic N) is 1. The van der Waals surface area contributed by atoms with Crippen LogP contribution in [0.3, 0.4) is 0 Å². The molecule has 1 saturated heterocycles. The molecule has 6 nitrogen and oxygen atoms in total. The zero-order chi connectivity index (χ0) is 11.4. The highest BCUT2D eigenvalue weighted by Crippen LogP contribution is 2.10. The molecule has 1 fully saturated rings. The van der Waals surface area contributed by atoms with Crippen molar-refractivity contribution in [1.29, 1.82) is 0 Å². The van der Waals surface area contributed by atoms with Crippen molar-refractivity contribution in [2.75, 3.05) is 26.2 Å². The van der Waals surface area contributed by atoms with Crippen LogP contribution in [0.4, 0.5) is 0 Å². The molecule has 0 atom stereocenters. The molecule has 88 valence electrons. The van der Waals surface area contributed by atoms with E-state index in [2.05, 4.69) is 15.6 Å². The summed E-state index contributed by atoms with van der Waals surface area (Å²) in [6, 6.07) is 1.73. The van der Waals surface area contributed by atoms with Gasteiger partial charge in [-0.1, -0.05) is 0 Å². The number of nitrogen functional groups attached to an aromatic ring is 1. The smallest absolute Gasteiger partial charge is 0.268 e. The lowest BCUT2D eigenvalue weighted by atomic mass is 10.2. The summed E-state index contributed by atoms with van der Waals surface area (Å²) in [5.74, 6) is 5.51. The minimum absolute atomic E-state index is 0.324. The second-order valence-corrected chi connectivity index (χ2v) is 3.80. The Morgan fingerprint density at radius 3 is 3.00 bits per heavy atom. The van der Waals surface area contributed by atoms with Gasteiger partial charge in [0.2, 0.25) is 0 Å². The highest BCUT2D eigenvalue weighted by Gasteiger charge is 2.14. The standard InChI is InChI=1S/C10H16N4O2/c11-13-10(15)8-5-9(16-7-8)6-14-3-1-12-2-4-14/h5,7,12H,1-4,6,11H2,(H,13,15). The highest BCUT2D eigenvalue weighted by atomic mass is 16.3. The third-order valence-corrected chi connectivity index (χ3v) is 2.64. The van der Waals surface area contributed by atoms with Crippen molar-refractivity contribution in [1.82, 2.24) is 15.6 Å². The van der Waals surface area contributed by atoms with Gasteiger partial charge in [-0.2, -0.15) is 0 Å². The van der Waals surface area contributed by atoms with Crippen LogP contribution in [0.5, 0.6) is 0 Å². The lowest BCUT2D eigenvalue weighted by Gasteiger charge is -2.25. The summed E-state index contributed by atoms with van der Waals surface area (Å²) in [6.45, 7) is 4.73. The quantitative estimate of drug-likeness (QED) is 0.359. The van der Waals surface area contributed by atoms with Crippen molar-refractivity contribution >= 4 is 5.91 Å². The van der Waals surface area contributed by atoms with Crippen LogP contribution >= 0.6 is 0 Å². The van der Waals surface area contributed by atoms with Crippen molar-refractivity contribution in [3.63, 3.8) is 0 Å². The Morgan fingerprint density at radius 2 is 2.31 bits per heavy atom. The van der Waals surface area contributed by atoms with E-state index in [1.54, 1.807) is 6.07 Å². The predicted molar refractivity (Wildman–Crippen MR) is 58.5 cm³/mol. The molecule has 4 N–H and O–H groups in total. The molecule has 1 aromatic heterocycles. The molecule has 1 aliphatic rings. The van der Waals surface area contributed by atoms with Crippen LogP contribution in [0.15, 0.2) is 16.7 Å². The highest BCUT2D eigenvalue weighted by molar-refractivity contribution is 5.93. The topological polar surface area (TPSA) is 83.5 Å². The third-order valence-electron chi connectivity index (χ3n) is 2.64. The summed E-state index contributed by atoms with van der Waals surface area (Å²) in [5, 5.41) is 3.28. The molecular weight excluding hydrogens is 208 g/mol. The molecule has 2 heterocycles. The van der Waals surface area contributed by atoms with Crippen molar-refractivity contribution in [3.8, 4) is 0 Å². The Balaban J connectivity index is 1.94. The summed E-state index contributed by atoms with van der Waals surface area (Å²) in [4.78, 5) is 13.5. The molecule has 1 aromatic rings. The number of nitrogens with one attached hydrogen (secondary N) is 2. The van der Waals surface area contributed by atoms with Crippen molar-refractivity contribution in [2.45, 2.75) is 6.54 Å². The molecule has 0 bridgehead atoms. The van der Waals surface area contributed by atoms with Gasteiger partial charge >= 0.3 is 0 Å². The van der Waals surface area contributed by atoms with Gasteiger partial charge in [-0.25, -0.2) is 5.84 Å². The molecule has 2 rings (SSSR count). The second-order valence-electron chi connectivity index (χ2n) is 3.80. The summed E-state index contributed by atoms with van der Waals surface area (Å²) < 4.78 is 5.31. The average molecular weight is 224 g/mol. The van der Waals surface area contributed by atoms with Gasteiger partial charge in [0, 0.05) is 26.2 Å². The fourth-order valence-electron chi connectivity index (χ4n) is 1.76. The van der Waals surface area contributed by atoms with Gasteiger partial charge in [-0.15, -0.1) is 0 Å². The minimum Gasteiger partial charge on any atom is -0.467 e. The summed E-state index contributed by atoms with van der Waals surface area (Å²) in [6.07, 6.45) is 1.43. The third kappa shape index (κ3) is 2.60. The first kappa shape index (κ1) is 11.1. The minimum atomic E-state index is -0.324. The summed E-state index contributed by atoms with van der Waals surface area (Å²) in [5.41, 5.74) is 2.54. The van der Waals surface area contributed by atoms with E-state index in [0.29, 0.717) is 5.56 Å². The molecule has 1 aliphatic heterocycles. The van der Waals surface area contributed by atoms with Crippen LogP contribution in [-0.4, -0.2) is 37.0 Å². The summed E-state index contributed by atoms with van der Waals surface area (Å²) >= 11 is 0. The normalized spacial score (nSPS) is 17.3. The number of piperazine rings is 1. The van der Waals surface area contributed by atoms with Crippen LogP contribution in [0.1, 0.15) is 16.1 Å². The predicted octanol–water partition coefficient (Wildman–Crippen LogP) is -0.712. The van der Waals surface area contributed by atoms with E-state index in [1.165, 1.54) is 6.26 Å². The molecule has 16 heavy (non-hydrogen) atoms. The van der Waals surface area contributed by atoms with Crippen LogP contribution in [0.2, 0.25) is 0 Å². The molecular formula is C10H16N4O2. The number of amides is 1. The number of hydrogen-bond donors (Lipinski definition) is 3. The van der Waals surface area contributed by atoms with Crippen molar-refractivity contribution in [2.24, 2.45) is 5.84 Å². The molecule has 1 amide bonds. The van der Waals surface area contributed by atoms with Gasteiger partial charge in [0.05, 0.1) is 12.1 Å². The number of nitrogens with two attached hydrogens (primary N) is 1. The lowest BCUT2D eigenvalue weighted by molar-refractivity contribution is 0.0953. The maximum atomic E-state index is 11.2. The number of hydrogen-bond acceptors (Lipinski definition) is 5. The van der Waals surface area contributed by atoms with Gasteiger partial charge in [0.25, 0.3) is 5.91 Å². The average Bonchev–Trinajstić information content (AvgIpc) is 2.78. The fourth-order valence-corrected chi connectivity index (χ4v) is 1.76. The Labute approximate surface area is 93.7 Å². The van der Waals surface area contributed by atoms with Crippen LogP contribution in [0, 0.1) is 0 Å². The molecule has 0 spiro atoms.